The summed E-state index contributed by atoms with van der Waals surface area (Å²) in [4.78, 5) is 14.4. The molecule has 0 aliphatic heterocycles. The van der Waals surface area contributed by atoms with Gasteiger partial charge in [-0.25, -0.2) is 4.98 Å². The second-order valence-electron chi connectivity index (χ2n) is 3.87. The minimum absolute atomic E-state index is 0.00201. The lowest BCUT2D eigenvalue weighted by Crippen LogP contribution is -2.09. The number of alkyl halides is 3. The van der Waals surface area contributed by atoms with E-state index in [2.05, 4.69) is 4.98 Å². The third-order valence-corrected chi connectivity index (χ3v) is 3.09. The van der Waals surface area contributed by atoms with Gasteiger partial charge in [0.1, 0.15) is 5.69 Å². The molecular weight excluding hydrogens is 314 g/mol. The van der Waals surface area contributed by atoms with Gasteiger partial charge in [-0.2, -0.15) is 13.2 Å². The van der Waals surface area contributed by atoms with Gasteiger partial charge in [0.15, 0.2) is 6.29 Å². The lowest BCUT2D eigenvalue weighted by Gasteiger charge is -2.11. The zero-order valence-electron chi connectivity index (χ0n) is 9.71. The van der Waals surface area contributed by atoms with Crippen molar-refractivity contribution >= 4 is 29.5 Å². The van der Waals surface area contributed by atoms with Crippen LogP contribution in [-0.2, 0) is 6.18 Å². The second kappa shape index (κ2) is 5.42. The number of nitrogens with zero attached hydrogens (tertiary/aromatic N) is 1. The molecule has 0 bridgehead atoms. The summed E-state index contributed by atoms with van der Waals surface area (Å²) in [6.07, 6.45) is -4.19. The molecule has 20 heavy (non-hydrogen) atoms. The molecule has 2 nitrogen and oxygen atoms in total. The predicted molar refractivity (Wildman–Crippen MR) is 70.1 cm³/mol. The van der Waals surface area contributed by atoms with Crippen LogP contribution in [0.2, 0.25) is 10.0 Å². The molecular formula is C13H6Cl2F3NO. The number of rotatable bonds is 2. The molecule has 2 rings (SSSR count). The third kappa shape index (κ3) is 2.94. The van der Waals surface area contributed by atoms with Crippen LogP contribution in [-0.4, -0.2) is 11.3 Å². The van der Waals surface area contributed by atoms with Crippen molar-refractivity contribution in [2.75, 3.05) is 0 Å². The largest absolute Gasteiger partial charge is 0.433 e. The minimum Gasteiger partial charge on any atom is -0.298 e. The van der Waals surface area contributed by atoms with Gasteiger partial charge in [0.05, 0.1) is 10.7 Å². The molecule has 0 N–H and O–H groups in total. The number of hydrogen-bond acceptors (Lipinski definition) is 2. The van der Waals surface area contributed by atoms with Crippen molar-refractivity contribution in [1.82, 2.24) is 4.98 Å². The first kappa shape index (κ1) is 14.8. The molecule has 0 radical (unpaired) electrons. The standard InChI is InChI=1S/C13H6Cl2F3NO/c14-8-2-3-10(15)9(5-8)12-7(6-20)1-4-11(19-12)13(16,17)18/h1-6H. The molecule has 104 valence electrons. The molecule has 7 heteroatoms. The van der Waals surface area contributed by atoms with Crippen LogP contribution >= 0.6 is 23.2 Å². The van der Waals surface area contributed by atoms with Gasteiger partial charge in [-0.05, 0) is 30.3 Å². The second-order valence-corrected chi connectivity index (χ2v) is 4.72. The number of hydrogen-bond donors (Lipinski definition) is 0. The average molecular weight is 320 g/mol. The van der Waals surface area contributed by atoms with Gasteiger partial charge in [-0.3, -0.25) is 4.79 Å². The quantitative estimate of drug-likeness (QED) is 0.738. The highest BCUT2D eigenvalue weighted by atomic mass is 35.5. The van der Waals surface area contributed by atoms with E-state index in [-0.39, 0.29) is 26.9 Å². The summed E-state index contributed by atoms with van der Waals surface area (Å²) >= 11 is 11.7. The highest BCUT2D eigenvalue weighted by Crippen LogP contribution is 2.34. The van der Waals surface area contributed by atoms with E-state index in [1.54, 1.807) is 0 Å². The molecule has 1 aromatic heterocycles. The fourth-order valence-corrected chi connectivity index (χ4v) is 2.00. The maximum Gasteiger partial charge on any atom is 0.433 e. The van der Waals surface area contributed by atoms with Crippen LogP contribution in [0.25, 0.3) is 11.3 Å². The summed E-state index contributed by atoms with van der Waals surface area (Å²) in [5.74, 6) is 0. The maximum absolute atomic E-state index is 12.7. The van der Waals surface area contributed by atoms with Gasteiger partial charge in [-0.15, -0.1) is 0 Å². The normalized spacial score (nSPS) is 11.4. The fourth-order valence-electron chi connectivity index (χ4n) is 1.62. The lowest BCUT2D eigenvalue weighted by molar-refractivity contribution is -0.141. The number of carbonyl (C=O) groups excluding carboxylic acids is 1. The molecule has 2 aromatic rings. The maximum atomic E-state index is 12.7. The molecule has 0 saturated carbocycles. The van der Waals surface area contributed by atoms with Gasteiger partial charge in [-0.1, -0.05) is 23.2 Å². The fraction of sp³-hybridized carbons (Fsp3) is 0.0769. The Labute approximate surface area is 122 Å². The molecule has 0 saturated heterocycles. The van der Waals surface area contributed by atoms with Gasteiger partial charge in [0.25, 0.3) is 0 Å². The zero-order chi connectivity index (χ0) is 14.9. The van der Waals surface area contributed by atoms with Crippen molar-refractivity contribution < 1.29 is 18.0 Å². The van der Waals surface area contributed by atoms with E-state index in [9.17, 15) is 18.0 Å². The highest BCUT2D eigenvalue weighted by Gasteiger charge is 2.33. The van der Waals surface area contributed by atoms with Crippen molar-refractivity contribution in [3.63, 3.8) is 0 Å². The van der Waals surface area contributed by atoms with Gasteiger partial charge in [0, 0.05) is 16.1 Å². The van der Waals surface area contributed by atoms with Crippen molar-refractivity contribution in [1.29, 1.82) is 0 Å². The molecule has 0 unspecified atom stereocenters. The summed E-state index contributed by atoms with van der Waals surface area (Å²) in [5.41, 5.74) is -1.08. The summed E-state index contributed by atoms with van der Waals surface area (Å²) in [5, 5.41) is 0.435. The monoisotopic (exact) mass is 319 g/mol. The Morgan fingerprint density at radius 1 is 1.10 bits per heavy atom. The van der Waals surface area contributed by atoms with Crippen molar-refractivity contribution in [3.8, 4) is 11.3 Å². The summed E-state index contributed by atoms with van der Waals surface area (Å²) < 4.78 is 38.1. The number of aromatic nitrogens is 1. The van der Waals surface area contributed by atoms with Crippen LogP contribution in [0.15, 0.2) is 30.3 Å². The average Bonchev–Trinajstić information content (AvgIpc) is 2.40. The number of carbonyl (C=O) groups is 1. The van der Waals surface area contributed by atoms with E-state index < -0.39 is 11.9 Å². The third-order valence-electron chi connectivity index (χ3n) is 2.53. The first-order valence-electron chi connectivity index (χ1n) is 5.32. The predicted octanol–water partition coefficient (Wildman–Crippen LogP) is 4.89. The van der Waals surface area contributed by atoms with E-state index in [1.807, 2.05) is 0 Å². The summed E-state index contributed by atoms with van der Waals surface area (Å²) in [7, 11) is 0. The van der Waals surface area contributed by atoms with Crippen LogP contribution in [0, 0.1) is 0 Å². The topological polar surface area (TPSA) is 30.0 Å². The molecule has 0 spiro atoms. The van der Waals surface area contributed by atoms with E-state index in [0.29, 0.717) is 6.29 Å². The molecule has 1 heterocycles. The summed E-state index contributed by atoms with van der Waals surface area (Å²) in [6, 6.07) is 6.07. The molecule has 0 aliphatic carbocycles. The first-order chi connectivity index (χ1) is 9.32. The van der Waals surface area contributed by atoms with Crippen LogP contribution in [0.3, 0.4) is 0 Å². The van der Waals surface area contributed by atoms with Crippen LogP contribution in [0.5, 0.6) is 0 Å². The van der Waals surface area contributed by atoms with E-state index in [0.717, 1.165) is 12.1 Å². The Hall–Kier alpha value is -1.59. The molecule has 0 atom stereocenters. The van der Waals surface area contributed by atoms with E-state index in [4.69, 9.17) is 23.2 Å². The molecule has 0 amide bonds. The van der Waals surface area contributed by atoms with Crippen LogP contribution < -0.4 is 0 Å². The number of aldehydes is 1. The van der Waals surface area contributed by atoms with Crippen LogP contribution in [0.4, 0.5) is 13.2 Å². The minimum atomic E-state index is -4.61. The first-order valence-corrected chi connectivity index (χ1v) is 6.07. The number of pyridine rings is 1. The Bertz CT molecular complexity index is 671. The highest BCUT2D eigenvalue weighted by molar-refractivity contribution is 6.35. The molecule has 1 aromatic carbocycles. The zero-order valence-corrected chi connectivity index (χ0v) is 11.2. The number of halogens is 5. The van der Waals surface area contributed by atoms with Crippen molar-refractivity contribution in [2.24, 2.45) is 0 Å². The smallest absolute Gasteiger partial charge is 0.298 e. The molecule has 0 fully saturated rings. The van der Waals surface area contributed by atoms with Crippen molar-refractivity contribution in [2.45, 2.75) is 6.18 Å². The Morgan fingerprint density at radius 2 is 1.80 bits per heavy atom. The molecule has 0 aliphatic rings. The Kier molecular flexibility index (Phi) is 4.01. The van der Waals surface area contributed by atoms with Gasteiger partial charge >= 0.3 is 6.18 Å². The lowest BCUT2D eigenvalue weighted by atomic mass is 10.1. The van der Waals surface area contributed by atoms with Gasteiger partial charge < -0.3 is 0 Å². The van der Waals surface area contributed by atoms with Gasteiger partial charge in [0.2, 0.25) is 0 Å². The van der Waals surface area contributed by atoms with Crippen LogP contribution in [0.1, 0.15) is 16.1 Å². The SMILES string of the molecule is O=Cc1ccc(C(F)(F)F)nc1-c1cc(Cl)ccc1Cl. The van der Waals surface area contributed by atoms with E-state index >= 15 is 0 Å². The summed E-state index contributed by atoms with van der Waals surface area (Å²) in [6.45, 7) is 0. The van der Waals surface area contributed by atoms with Crippen molar-refractivity contribution in [3.05, 3.63) is 51.6 Å². The Morgan fingerprint density at radius 3 is 2.40 bits per heavy atom. The Balaban J connectivity index is 2.71. The van der Waals surface area contributed by atoms with E-state index in [1.165, 1.54) is 18.2 Å². The number of benzene rings is 1.